The van der Waals surface area contributed by atoms with Crippen LogP contribution in [0.2, 0.25) is 5.02 Å². The Bertz CT molecular complexity index is 1010. The lowest BCUT2D eigenvalue weighted by molar-refractivity contribution is -0.138. The van der Waals surface area contributed by atoms with Crippen LogP contribution in [0.5, 0.6) is 11.5 Å². The fourth-order valence-corrected chi connectivity index (χ4v) is 5.14. The number of rotatable bonds is 3. The molecule has 2 aromatic carbocycles. The predicted octanol–water partition coefficient (Wildman–Crippen LogP) is 4.33. The number of nitrogens with zero attached hydrogens (tertiary/aromatic N) is 2. The molecule has 0 aliphatic carbocycles. The Labute approximate surface area is 193 Å². The van der Waals surface area contributed by atoms with Gasteiger partial charge < -0.3 is 19.3 Å². The third kappa shape index (κ3) is 4.16. The first-order valence-electron chi connectivity index (χ1n) is 11.3. The van der Waals surface area contributed by atoms with Crippen molar-refractivity contribution >= 4 is 23.4 Å². The molecular weight excluding hydrogens is 428 g/mol. The molecule has 2 saturated heterocycles. The van der Waals surface area contributed by atoms with Crippen LogP contribution < -0.4 is 9.47 Å². The van der Waals surface area contributed by atoms with Gasteiger partial charge in [-0.15, -0.1) is 0 Å². The van der Waals surface area contributed by atoms with Gasteiger partial charge in [0, 0.05) is 30.2 Å². The Hall–Kier alpha value is -2.73. The van der Waals surface area contributed by atoms with Gasteiger partial charge in [-0.1, -0.05) is 17.7 Å². The van der Waals surface area contributed by atoms with Gasteiger partial charge in [0.15, 0.2) is 11.5 Å². The van der Waals surface area contributed by atoms with Gasteiger partial charge in [-0.05, 0) is 67.6 Å². The van der Waals surface area contributed by atoms with E-state index in [0.717, 1.165) is 49.3 Å². The fraction of sp³-hybridized carbons (Fsp3) is 0.440. The summed E-state index contributed by atoms with van der Waals surface area (Å²) in [6.45, 7) is 3.00. The van der Waals surface area contributed by atoms with Crippen LogP contribution >= 0.6 is 11.6 Å². The molecule has 32 heavy (non-hydrogen) atoms. The molecule has 3 heterocycles. The van der Waals surface area contributed by atoms with Crippen LogP contribution in [0.25, 0.3) is 0 Å². The molecule has 168 valence electrons. The van der Waals surface area contributed by atoms with Crippen molar-refractivity contribution in [3.8, 4) is 11.5 Å². The van der Waals surface area contributed by atoms with Crippen molar-refractivity contribution in [1.29, 1.82) is 0 Å². The lowest BCUT2D eigenvalue weighted by atomic mass is 9.94. The number of likely N-dealkylation sites (tertiary alicyclic amines) is 2. The summed E-state index contributed by atoms with van der Waals surface area (Å²) in [6.07, 6.45) is 3.56. The van der Waals surface area contributed by atoms with E-state index in [4.69, 9.17) is 21.1 Å². The van der Waals surface area contributed by atoms with Gasteiger partial charge in [-0.3, -0.25) is 9.59 Å². The molecule has 2 atom stereocenters. The van der Waals surface area contributed by atoms with Crippen LogP contribution in [0.1, 0.15) is 47.6 Å². The SMILES string of the molecule is O=C(c1ccc(Cl)cc1)N1CCCC(C(=O)N2CCCC2c2ccc3c(c2)OCCO3)C1. The van der Waals surface area contributed by atoms with Gasteiger partial charge in [0.1, 0.15) is 13.2 Å². The summed E-state index contributed by atoms with van der Waals surface area (Å²) in [5, 5.41) is 0.604. The van der Waals surface area contributed by atoms with E-state index >= 15 is 0 Å². The van der Waals surface area contributed by atoms with Crippen LogP contribution in [0.3, 0.4) is 0 Å². The van der Waals surface area contributed by atoms with E-state index in [9.17, 15) is 9.59 Å². The number of carbonyl (C=O) groups is 2. The Kier molecular flexibility index (Phi) is 5.96. The summed E-state index contributed by atoms with van der Waals surface area (Å²) in [5.74, 6) is 1.46. The molecule has 0 aromatic heterocycles. The standard InChI is InChI=1S/C25H27ClN2O4/c26-20-8-5-17(6-9-20)24(29)27-11-1-3-19(16-27)25(30)28-12-2-4-21(28)18-7-10-22-23(15-18)32-14-13-31-22/h5-10,15,19,21H,1-4,11-14,16H2. The maximum Gasteiger partial charge on any atom is 0.253 e. The third-order valence-corrected chi connectivity index (χ3v) is 6.89. The molecule has 3 aliphatic rings. The van der Waals surface area contributed by atoms with E-state index in [-0.39, 0.29) is 23.8 Å². The number of amides is 2. The zero-order chi connectivity index (χ0) is 22.1. The first-order chi connectivity index (χ1) is 15.6. The monoisotopic (exact) mass is 454 g/mol. The minimum atomic E-state index is -0.169. The molecule has 7 heteroatoms. The van der Waals surface area contributed by atoms with Crippen molar-refractivity contribution in [2.24, 2.45) is 5.92 Å². The highest BCUT2D eigenvalue weighted by molar-refractivity contribution is 6.30. The van der Waals surface area contributed by atoms with E-state index in [1.165, 1.54) is 0 Å². The third-order valence-electron chi connectivity index (χ3n) is 6.64. The average molecular weight is 455 g/mol. The molecule has 0 saturated carbocycles. The van der Waals surface area contributed by atoms with Crippen molar-refractivity contribution < 1.29 is 19.1 Å². The quantitative estimate of drug-likeness (QED) is 0.692. The van der Waals surface area contributed by atoms with E-state index < -0.39 is 0 Å². The van der Waals surface area contributed by atoms with Gasteiger partial charge in [-0.2, -0.15) is 0 Å². The van der Waals surface area contributed by atoms with E-state index in [1.54, 1.807) is 24.3 Å². The molecule has 0 radical (unpaired) electrons. The number of hydrogen-bond donors (Lipinski definition) is 0. The normalized spacial score (nSPS) is 22.7. The molecule has 2 amide bonds. The highest BCUT2D eigenvalue weighted by Gasteiger charge is 2.37. The highest BCUT2D eigenvalue weighted by atomic mass is 35.5. The number of halogens is 1. The largest absolute Gasteiger partial charge is 0.486 e. The molecular formula is C25H27ClN2O4. The van der Waals surface area contributed by atoms with Gasteiger partial charge >= 0.3 is 0 Å². The topological polar surface area (TPSA) is 59.1 Å². The Morgan fingerprint density at radius 3 is 2.47 bits per heavy atom. The fourth-order valence-electron chi connectivity index (χ4n) is 5.02. The Balaban J connectivity index is 1.29. The molecule has 3 aliphatic heterocycles. The molecule has 0 spiro atoms. The highest BCUT2D eigenvalue weighted by Crippen LogP contribution is 2.39. The Morgan fingerprint density at radius 2 is 1.66 bits per heavy atom. The number of benzene rings is 2. The van der Waals surface area contributed by atoms with Crippen LogP contribution in [-0.2, 0) is 4.79 Å². The van der Waals surface area contributed by atoms with Gasteiger partial charge in [0.25, 0.3) is 5.91 Å². The average Bonchev–Trinajstić information content (AvgIpc) is 3.33. The molecule has 0 bridgehead atoms. The predicted molar refractivity (Wildman–Crippen MR) is 121 cm³/mol. The molecule has 2 unspecified atom stereocenters. The molecule has 2 aromatic rings. The van der Waals surface area contributed by atoms with E-state index in [2.05, 4.69) is 0 Å². The number of hydrogen-bond acceptors (Lipinski definition) is 4. The van der Waals surface area contributed by atoms with Gasteiger partial charge in [-0.25, -0.2) is 0 Å². The minimum absolute atomic E-state index is 0.0380. The number of piperidine rings is 1. The maximum atomic E-state index is 13.5. The van der Waals surface area contributed by atoms with Crippen LogP contribution in [-0.4, -0.2) is 54.5 Å². The molecule has 2 fully saturated rings. The van der Waals surface area contributed by atoms with Gasteiger partial charge in [0.2, 0.25) is 5.91 Å². The summed E-state index contributed by atoms with van der Waals surface area (Å²) in [5.41, 5.74) is 1.70. The summed E-state index contributed by atoms with van der Waals surface area (Å²) < 4.78 is 11.4. The zero-order valence-electron chi connectivity index (χ0n) is 18.0. The number of carbonyl (C=O) groups excluding carboxylic acids is 2. The molecule has 0 N–H and O–H groups in total. The van der Waals surface area contributed by atoms with Crippen molar-refractivity contribution in [2.45, 2.75) is 31.7 Å². The second-order valence-corrected chi connectivity index (χ2v) is 9.13. The summed E-state index contributed by atoms with van der Waals surface area (Å²) in [6, 6.07) is 13.0. The lowest BCUT2D eigenvalue weighted by Gasteiger charge is -2.36. The smallest absolute Gasteiger partial charge is 0.253 e. The number of ether oxygens (including phenoxy) is 2. The zero-order valence-corrected chi connectivity index (χ0v) is 18.7. The summed E-state index contributed by atoms with van der Waals surface area (Å²) in [4.78, 5) is 30.3. The molecule has 6 nitrogen and oxygen atoms in total. The first-order valence-corrected chi connectivity index (χ1v) is 11.7. The second kappa shape index (κ2) is 9.02. The second-order valence-electron chi connectivity index (χ2n) is 8.69. The van der Waals surface area contributed by atoms with Gasteiger partial charge in [0.05, 0.1) is 12.0 Å². The van der Waals surface area contributed by atoms with Crippen molar-refractivity contribution in [3.05, 3.63) is 58.6 Å². The molecule has 5 rings (SSSR count). The first kappa shape index (κ1) is 21.1. The maximum absolute atomic E-state index is 13.5. The van der Waals surface area contributed by atoms with Crippen LogP contribution in [0.15, 0.2) is 42.5 Å². The van der Waals surface area contributed by atoms with Crippen molar-refractivity contribution in [1.82, 2.24) is 9.80 Å². The van der Waals surface area contributed by atoms with E-state index in [1.807, 2.05) is 28.0 Å². The minimum Gasteiger partial charge on any atom is -0.486 e. The Morgan fingerprint density at radius 1 is 0.906 bits per heavy atom. The lowest BCUT2D eigenvalue weighted by Crippen LogP contribution is -2.46. The van der Waals surface area contributed by atoms with E-state index in [0.29, 0.717) is 36.9 Å². The van der Waals surface area contributed by atoms with Crippen LogP contribution in [0.4, 0.5) is 0 Å². The summed E-state index contributed by atoms with van der Waals surface area (Å²) in [7, 11) is 0. The van der Waals surface area contributed by atoms with Crippen LogP contribution in [0, 0.1) is 5.92 Å². The summed E-state index contributed by atoms with van der Waals surface area (Å²) >= 11 is 5.95. The van der Waals surface area contributed by atoms with Crippen molar-refractivity contribution in [2.75, 3.05) is 32.8 Å². The number of fused-ring (bicyclic) bond motifs is 1. The van der Waals surface area contributed by atoms with Crippen molar-refractivity contribution in [3.63, 3.8) is 0 Å².